The topological polar surface area (TPSA) is 78.9 Å². The van der Waals surface area contributed by atoms with Gasteiger partial charge in [0.15, 0.2) is 6.10 Å². The molecule has 0 aliphatic heterocycles. The molecule has 6 heteroatoms. The molecular weight excluding hydrogens is 805 g/mol. The summed E-state index contributed by atoms with van der Waals surface area (Å²) in [6.07, 6.45) is 71.5. The minimum atomic E-state index is -0.774. The predicted molar refractivity (Wildman–Crippen MR) is 279 cm³/mol. The average Bonchev–Trinajstić information content (AvgIpc) is 3.30. The Morgan fingerprint density at radius 3 is 0.938 bits per heavy atom. The van der Waals surface area contributed by atoms with Crippen molar-refractivity contribution in [2.75, 3.05) is 13.2 Å². The lowest BCUT2D eigenvalue weighted by Crippen LogP contribution is -2.30. The molecule has 0 saturated carbocycles. The van der Waals surface area contributed by atoms with Gasteiger partial charge in [0.2, 0.25) is 0 Å². The van der Waals surface area contributed by atoms with E-state index in [1.165, 1.54) is 64.2 Å². The molecule has 0 radical (unpaired) electrons. The third-order valence-electron chi connectivity index (χ3n) is 10.8. The molecule has 0 rings (SSSR count). The third-order valence-corrected chi connectivity index (χ3v) is 10.8. The molecule has 0 heterocycles. The number of unbranched alkanes of at least 4 members (excludes halogenated alkanes) is 17. The summed E-state index contributed by atoms with van der Waals surface area (Å²) in [5, 5.41) is 0. The number of hydrogen-bond donors (Lipinski definition) is 0. The predicted octanol–water partition coefficient (Wildman–Crippen LogP) is 17.5. The van der Waals surface area contributed by atoms with Crippen molar-refractivity contribution >= 4 is 17.9 Å². The van der Waals surface area contributed by atoms with Crippen LogP contribution in [0.5, 0.6) is 0 Å². The number of rotatable bonds is 46. The first kappa shape index (κ1) is 61.1. The van der Waals surface area contributed by atoms with Gasteiger partial charge in [0, 0.05) is 19.3 Å². The molecule has 0 aliphatic rings. The van der Waals surface area contributed by atoms with Gasteiger partial charge in [-0.1, -0.05) is 226 Å². The molecule has 1 atom stereocenters. The fourth-order valence-corrected chi connectivity index (χ4v) is 6.84. The number of ether oxygens (including phenoxy) is 3. The maximum atomic E-state index is 12.5. The van der Waals surface area contributed by atoms with Crippen molar-refractivity contribution in [3.05, 3.63) is 109 Å². The Morgan fingerprint density at radius 2 is 0.600 bits per heavy atom. The zero-order chi connectivity index (χ0) is 47.2. The van der Waals surface area contributed by atoms with Crippen LogP contribution in [-0.2, 0) is 28.6 Å². The molecule has 0 aliphatic carbocycles. The van der Waals surface area contributed by atoms with Gasteiger partial charge >= 0.3 is 17.9 Å². The largest absolute Gasteiger partial charge is 0.462 e. The van der Waals surface area contributed by atoms with Crippen molar-refractivity contribution in [1.82, 2.24) is 0 Å². The van der Waals surface area contributed by atoms with Crippen LogP contribution in [0, 0.1) is 0 Å². The van der Waals surface area contributed by atoms with E-state index in [1.807, 2.05) is 0 Å². The maximum Gasteiger partial charge on any atom is 0.306 e. The molecule has 0 fully saturated rings. The Labute approximate surface area is 400 Å². The van der Waals surface area contributed by atoms with Crippen LogP contribution < -0.4 is 0 Å². The van der Waals surface area contributed by atoms with Crippen molar-refractivity contribution in [2.45, 2.75) is 232 Å². The van der Waals surface area contributed by atoms with E-state index in [0.717, 1.165) is 122 Å². The molecule has 6 nitrogen and oxygen atoms in total. The second kappa shape index (κ2) is 52.7. The Morgan fingerprint density at radius 1 is 0.323 bits per heavy atom. The van der Waals surface area contributed by atoms with Crippen molar-refractivity contribution in [2.24, 2.45) is 0 Å². The highest BCUT2D eigenvalue weighted by Crippen LogP contribution is 2.13. The molecule has 0 bridgehead atoms. The normalized spacial score (nSPS) is 13.0. The molecule has 0 N–H and O–H groups in total. The van der Waals surface area contributed by atoms with Crippen molar-refractivity contribution in [3.8, 4) is 0 Å². The minimum Gasteiger partial charge on any atom is -0.462 e. The van der Waals surface area contributed by atoms with E-state index in [1.54, 1.807) is 0 Å². The van der Waals surface area contributed by atoms with E-state index in [4.69, 9.17) is 14.2 Å². The van der Waals surface area contributed by atoms with Crippen molar-refractivity contribution in [3.63, 3.8) is 0 Å². The SMILES string of the molecule is CC/C=C\C/C=C\C/C=C\C/C=C\C/C=C\C/C=C\C/C=C\C/C=C\C/C=C\CCCCCCCCCC(=O)OCC(COC(=O)CCCCCCCC)OC(=O)CCCCCCCC. The minimum absolute atomic E-state index is 0.0812. The molecule has 368 valence electrons. The highest BCUT2D eigenvalue weighted by Gasteiger charge is 2.19. The van der Waals surface area contributed by atoms with Gasteiger partial charge in [-0.15, -0.1) is 0 Å². The highest BCUT2D eigenvalue weighted by molar-refractivity contribution is 5.71. The third kappa shape index (κ3) is 50.9. The van der Waals surface area contributed by atoms with Crippen molar-refractivity contribution < 1.29 is 28.6 Å². The summed E-state index contributed by atoms with van der Waals surface area (Å²) < 4.78 is 16.5. The summed E-state index contributed by atoms with van der Waals surface area (Å²) in [6, 6.07) is 0. The molecule has 0 amide bonds. The lowest BCUT2D eigenvalue weighted by atomic mass is 10.1. The van der Waals surface area contributed by atoms with Crippen molar-refractivity contribution in [1.29, 1.82) is 0 Å². The van der Waals surface area contributed by atoms with Gasteiger partial charge in [0.1, 0.15) is 13.2 Å². The number of allylic oxidation sites excluding steroid dienone is 18. The van der Waals surface area contributed by atoms with E-state index in [2.05, 4.69) is 130 Å². The fraction of sp³-hybridized carbons (Fsp3) is 0.644. The summed E-state index contributed by atoms with van der Waals surface area (Å²) in [4.78, 5) is 37.4. The smallest absolute Gasteiger partial charge is 0.306 e. The van der Waals surface area contributed by atoms with Gasteiger partial charge in [-0.3, -0.25) is 14.4 Å². The number of hydrogen-bond acceptors (Lipinski definition) is 6. The van der Waals surface area contributed by atoms with E-state index in [-0.39, 0.29) is 31.1 Å². The fourth-order valence-electron chi connectivity index (χ4n) is 6.84. The quantitative estimate of drug-likeness (QED) is 0.0262. The Kier molecular flexibility index (Phi) is 49.5. The van der Waals surface area contributed by atoms with Crippen LogP contribution in [-0.4, -0.2) is 37.2 Å². The first-order valence-electron chi connectivity index (χ1n) is 26.4. The van der Waals surface area contributed by atoms with Gasteiger partial charge in [-0.2, -0.15) is 0 Å². The zero-order valence-corrected chi connectivity index (χ0v) is 42.0. The first-order valence-corrected chi connectivity index (χ1v) is 26.4. The lowest BCUT2D eigenvalue weighted by Gasteiger charge is -2.18. The molecule has 0 aromatic carbocycles. The number of carbonyl (C=O) groups is 3. The van der Waals surface area contributed by atoms with Crippen LogP contribution in [0.15, 0.2) is 109 Å². The summed E-state index contributed by atoms with van der Waals surface area (Å²) in [5.41, 5.74) is 0. The van der Waals surface area contributed by atoms with Crippen LogP contribution >= 0.6 is 0 Å². The molecule has 65 heavy (non-hydrogen) atoms. The van der Waals surface area contributed by atoms with Crippen LogP contribution in [0.2, 0.25) is 0 Å². The van der Waals surface area contributed by atoms with Gasteiger partial charge in [-0.25, -0.2) is 0 Å². The van der Waals surface area contributed by atoms with Gasteiger partial charge in [0.25, 0.3) is 0 Å². The van der Waals surface area contributed by atoms with Crippen LogP contribution in [0.3, 0.4) is 0 Å². The van der Waals surface area contributed by atoms with Gasteiger partial charge in [-0.05, 0) is 89.9 Å². The van der Waals surface area contributed by atoms with Crippen LogP contribution in [0.1, 0.15) is 226 Å². The highest BCUT2D eigenvalue weighted by atomic mass is 16.6. The Bertz CT molecular complexity index is 1360. The average molecular weight is 901 g/mol. The van der Waals surface area contributed by atoms with Gasteiger partial charge in [0.05, 0.1) is 0 Å². The second-order valence-corrected chi connectivity index (χ2v) is 17.1. The van der Waals surface area contributed by atoms with Crippen LogP contribution in [0.4, 0.5) is 0 Å². The molecule has 1 unspecified atom stereocenters. The Hall–Kier alpha value is -3.93. The second-order valence-electron chi connectivity index (χ2n) is 17.1. The number of carbonyl (C=O) groups excluding carboxylic acids is 3. The zero-order valence-electron chi connectivity index (χ0n) is 42.0. The summed E-state index contributed by atoms with van der Waals surface area (Å²) in [6.45, 7) is 6.37. The number of esters is 3. The molecule has 0 spiro atoms. The van der Waals surface area contributed by atoms with E-state index in [9.17, 15) is 14.4 Å². The Balaban J connectivity index is 3.97. The van der Waals surface area contributed by atoms with E-state index < -0.39 is 6.10 Å². The monoisotopic (exact) mass is 901 g/mol. The maximum absolute atomic E-state index is 12.5. The van der Waals surface area contributed by atoms with Crippen LogP contribution in [0.25, 0.3) is 0 Å². The molecular formula is C59H96O6. The summed E-state index contributed by atoms with van der Waals surface area (Å²) >= 11 is 0. The summed E-state index contributed by atoms with van der Waals surface area (Å²) in [7, 11) is 0. The molecule has 0 aromatic rings. The van der Waals surface area contributed by atoms with E-state index >= 15 is 0 Å². The van der Waals surface area contributed by atoms with Gasteiger partial charge < -0.3 is 14.2 Å². The molecule has 0 aromatic heterocycles. The first-order chi connectivity index (χ1) is 32.0. The van der Waals surface area contributed by atoms with E-state index in [0.29, 0.717) is 19.3 Å². The summed E-state index contributed by atoms with van der Waals surface area (Å²) in [5.74, 6) is -0.920. The standard InChI is InChI=1S/C59H96O6/c1-4-7-10-13-16-17-18-19-20-21-22-23-24-25-26-27-28-29-30-31-32-33-34-35-36-37-38-39-40-41-42-43-44-47-49-52-58(61)64-55-56(65-59(62)53-50-46-15-12-9-6-3)54-63-57(60)51-48-45-14-11-8-5-2/h7,10,16-17,19-20,22-23,25-26,28-29,31-32,34-35,37-38,56H,4-6,8-9,11-15,18,21,24,27,30,33,36,39-55H2,1-3H3/b10-7-,17-16-,20-19-,23-22-,26-25-,29-28-,32-31-,35-34-,38-37-. The molecule has 0 saturated heterocycles. The lowest BCUT2D eigenvalue weighted by molar-refractivity contribution is -0.167.